The molecule has 2 aromatic carbocycles. The molecule has 0 fully saturated rings. The van der Waals surface area contributed by atoms with Crippen LogP contribution in [-0.4, -0.2) is 39.9 Å². The molecule has 0 radical (unpaired) electrons. The number of hydrogen-bond acceptors (Lipinski definition) is 6. The third-order valence-electron chi connectivity index (χ3n) is 3.53. The van der Waals surface area contributed by atoms with Gasteiger partial charge in [-0.05, 0) is 43.4 Å². The van der Waals surface area contributed by atoms with E-state index in [1.165, 1.54) is 32.2 Å². The Morgan fingerprint density at radius 2 is 1.69 bits per heavy atom. The summed E-state index contributed by atoms with van der Waals surface area (Å²) in [7, 11) is -2.66. The minimum absolute atomic E-state index is 0.0623. The van der Waals surface area contributed by atoms with Gasteiger partial charge in [0.15, 0.2) is 6.61 Å². The molecular weight excluding hydrogens is 422 g/mol. The van der Waals surface area contributed by atoms with E-state index < -0.39 is 28.5 Å². The summed E-state index contributed by atoms with van der Waals surface area (Å²) in [5.41, 5.74) is 0.807. The molecule has 2 aromatic rings. The minimum atomic E-state index is -3.87. The Balaban J connectivity index is 2.01. The summed E-state index contributed by atoms with van der Waals surface area (Å²) in [6, 6.07) is 10.0. The highest BCUT2D eigenvalue weighted by Gasteiger charge is 2.19. The predicted molar refractivity (Wildman–Crippen MR) is 107 cm³/mol. The summed E-state index contributed by atoms with van der Waals surface area (Å²) in [6.07, 6.45) is 0. The molecule has 0 bridgehead atoms. The molecule has 2 rings (SSSR count). The number of carbonyl (C=O) groups is 3. The molecule has 0 saturated heterocycles. The fourth-order valence-corrected chi connectivity index (χ4v) is 3.48. The molecule has 0 saturated carbocycles. The first-order valence-electron chi connectivity index (χ1n) is 8.20. The molecule has 154 valence electrons. The second kappa shape index (κ2) is 9.50. The van der Waals surface area contributed by atoms with Crippen LogP contribution < -0.4 is 15.4 Å². The third kappa shape index (κ3) is 6.28. The first-order valence-corrected chi connectivity index (χ1v) is 10.1. The monoisotopic (exact) mass is 439 g/mol. The average Bonchev–Trinajstić information content (AvgIpc) is 2.66. The molecule has 0 spiro atoms. The van der Waals surface area contributed by atoms with Crippen molar-refractivity contribution < 1.29 is 27.5 Å². The Morgan fingerprint density at radius 3 is 2.31 bits per heavy atom. The van der Waals surface area contributed by atoms with Gasteiger partial charge in [-0.25, -0.2) is 17.9 Å². The van der Waals surface area contributed by atoms with Gasteiger partial charge in [-0.15, -0.1) is 0 Å². The number of amides is 2. The molecular formula is C18H18ClN3O6S. The van der Waals surface area contributed by atoms with E-state index in [4.69, 9.17) is 16.3 Å². The van der Waals surface area contributed by atoms with E-state index in [-0.39, 0.29) is 21.4 Å². The number of hydrogen-bond donors (Lipinski definition) is 3. The van der Waals surface area contributed by atoms with Crippen molar-refractivity contribution in [3.8, 4) is 0 Å². The molecule has 0 unspecified atom stereocenters. The van der Waals surface area contributed by atoms with Gasteiger partial charge in [0.1, 0.15) is 4.90 Å². The Bertz CT molecular complexity index is 1060. The van der Waals surface area contributed by atoms with E-state index in [2.05, 4.69) is 15.4 Å². The number of carbonyl (C=O) groups excluding carboxylic acids is 3. The lowest BCUT2D eigenvalue weighted by molar-refractivity contribution is -0.119. The fraction of sp³-hybridized carbons (Fsp3) is 0.167. The Hall–Kier alpha value is -2.95. The number of rotatable bonds is 7. The van der Waals surface area contributed by atoms with Crippen LogP contribution in [0.1, 0.15) is 17.3 Å². The second-order valence-corrected chi connectivity index (χ2v) is 8.00. The fourth-order valence-electron chi connectivity index (χ4n) is 2.24. The normalized spacial score (nSPS) is 10.9. The molecule has 3 N–H and O–H groups in total. The Morgan fingerprint density at radius 1 is 1.03 bits per heavy atom. The van der Waals surface area contributed by atoms with Crippen LogP contribution in [0.2, 0.25) is 5.02 Å². The van der Waals surface area contributed by atoms with E-state index in [1.54, 1.807) is 18.2 Å². The summed E-state index contributed by atoms with van der Waals surface area (Å²) in [5, 5.41) is 5.04. The molecule has 29 heavy (non-hydrogen) atoms. The van der Waals surface area contributed by atoms with Crippen LogP contribution in [0.25, 0.3) is 0 Å². The van der Waals surface area contributed by atoms with Crippen LogP contribution in [-0.2, 0) is 24.3 Å². The number of anilines is 2. The van der Waals surface area contributed by atoms with Crippen LogP contribution in [0.3, 0.4) is 0 Å². The zero-order valence-electron chi connectivity index (χ0n) is 15.5. The van der Waals surface area contributed by atoms with E-state index in [1.807, 2.05) is 0 Å². The average molecular weight is 440 g/mol. The summed E-state index contributed by atoms with van der Waals surface area (Å²) < 4.78 is 30.9. The van der Waals surface area contributed by atoms with Gasteiger partial charge < -0.3 is 15.4 Å². The number of ether oxygens (including phenoxy) is 1. The number of nitrogens with one attached hydrogen (secondary N) is 3. The topological polar surface area (TPSA) is 131 Å². The highest BCUT2D eigenvalue weighted by Crippen LogP contribution is 2.23. The van der Waals surface area contributed by atoms with Gasteiger partial charge in [0, 0.05) is 18.3 Å². The van der Waals surface area contributed by atoms with Crippen molar-refractivity contribution in [2.75, 3.05) is 24.3 Å². The van der Waals surface area contributed by atoms with E-state index in [9.17, 15) is 22.8 Å². The lowest BCUT2D eigenvalue weighted by Gasteiger charge is -2.10. The Labute approximate surface area is 172 Å². The van der Waals surface area contributed by atoms with Gasteiger partial charge in [0.25, 0.3) is 5.91 Å². The zero-order valence-corrected chi connectivity index (χ0v) is 17.1. The van der Waals surface area contributed by atoms with Crippen LogP contribution in [0, 0.1) is 0 Å². The first kappa shape index (κ1) is 22.3. The third-order valence-corrected chi connectivity index (χ3v) is 5.42. The van der Waals surface area contributed by atoms with Crippen molar-refractivity contribution in [3.05, 3.63) is 53.1 Å². The van der Waals surface area contributed by atoms with Gasteiger partial charge in [-0.1, -0.05) is 17.7 Å². The molecule has 9 nitrogen and oxygen atoms in total. The van der Waals surface area contributed by atoms with Crippen LogP contribution in [0.15, 0.2) is 47.4 Å². The molecule has 0 aliphatic heterocycles. The molecule has 11 heteroatoms. The molecule has 2 amide bonds. The molecule has 0 aliphatic rings. The summed E-state index contributed by atoms with van der Waals surface area (Å²) >= 11 is 5.86. The molecule has 0 heterocycles. The molecule has 0 atom stereocenters. The minimum Gasteiger partial charge on any atom is -0.452 e. The summed E-state index contributed by atoms with van der Waals surface area (Å²) in [4.78, 5) is 35.0. The van der Waals surface area contributed by atoms with Crippen molar-refractivity contribution >= 4 is 50.8 Å². The van der Waals surface area contributed by atoms with E-state index >= 15 is 0 Å². The number of halogens is 1. The van der Waals surface area contributed by atoms with Crippen molar-refractivity contribution in [1.29, 1.82) is 0 Å². The largest absolute Gasteiger partial charge is 0.452 e. The second-order valence-electron chi connectivity index (χ2n) is 5.74. The summed E-state index contributed by atoms with van der Waals surface area (Å²) in [5.74, 6) is -1.77. The van der Waals surface area contributed by atoms with Gasteiger partial charge in [-0.3, -0.25) is 9.59 Å². The van der Waals surface area contributed by atoms with Crippen molar-refractivity contribution in [2.24, 2.45) is 0 Å². The van der Waals surface area contributed by atoms with Crippen LogP contribution >= 0.6 is 11.6 Å². The first-order chi connectivity index (χ1) is 13.6. The Kier molecular flexibility index (Phi) is 7.32. The maximum atomic E-state index is 12.1. The van der Waals surface area contributed by atoms with E-state index in [0.29, 0.717) is 11.4 Å². The van der Waals surface area contributed by atoms with Gasteiger partial charge in [0.05, 0.1) is 10.6 Å². The van der Waals surface area contributed by atoms with Gasteiger partial charge in [-0.2, -0.15) is 0 Å². The smallest absolute Gasteiger partial charge is 0.338 e. The SMILES string of the molecule is CNS(=O)(=O)c1cc(C(=O)OCC(=O)Nc2cccc(NC(C)=O)c2)ccc1Cl. The summed E-state index contributed by atoms with van der Waals surface area (Å²) in [6.45, 7) is 0.759. The maximum Gasteiger partial charge on any atom is 0.338 e. The number of benzene rings is 2. The molecule has 0 aliphatic carbocycles. The molecule has 0 aromatic heterocycles. The standard InChI is InChI=1S/C18H18ClN3O6S/c1-11(23)21-13-4-3-5-14(9-13)22-17(24)10-28-18(25)12-6-7-15(19)16(8-12)29(26,27)20-2/h3-9,20H,10H2,1-2H3,(H,21,23)(H,22,24). The van der Waals surface area contributed by atoms with Crippen LogP contribution in [0.5, 0.6) is 0 Å². The quantitative estimate of drug-likeness (QED) is 0.565. The van der Waals surface area contributed by atoms with Gasteiger partial charge >= 0.3 is 5.97 Å². The van der Waals surface area contributed by atoms with Crippen molar-refractivity contribution in [1.82, 2.24) is 4.72 Å². The van der Waals surface area contributed by atoms with Gasteiger partial charge in [0.2, 0.25) is 15.9 Å². The maximum absolute atomic E-state index is 12.1. The number of sulfonamides is 1. The zero-order chi connectivity index (χ0) is 21.6. The predicted octanol–water partition coefficient (Wildman–Crippen LogP) is 2.00. The lowest BCUT2D eigenvalue weighted by Crippen LogP contribution is -2.22. The number of esters is 1. The highest BCUT2D eigenvalue weighted by molar-refractivity contribution is 7.89. The van der Waals surface area contributed by atoms with Crippen molar-refractivity contribution in [2.45, 2.75) is 11.8 Å². The van der Waals surface area contributed by atoms with Crippen molar-refractivity contribution in [3.63, 3.8) is 0 Å². The lowest BCUT2D eigenvalue weighted by atomic mass is 10.2. The van der Waals surface area contributed by atoms with E-state index in [0.717, 1.165) is 6.07 Å². The van der Waals surface area contributed by atoms with Crippen LogP contribution in [0.4, 0.5) is 11.4 Å². The highest BCUT2D eigenvalue weighted by atomic mass is 35.5.